The maximum atomic E-state index is 13.1. The summed E-state index contributed by atoms with van der Waals surface area (Å²) in [6.45, 7) is 2.61. The Labute approximate surface area is 193 Å². The zero-order chi connectivity index (χ0) is 24.0. The molecule has 2 heterocycles. The standard InChI is InChI=1S/C22H29F3N4O3S/c1-15-14-27-33(15)13-11-29-19(18(31)6-4-3-5-12-30)20(26-2)28-21(29)32-17-9-7-16(8-10-17)22(23,24)25/h7-10,14,19,21,30H,3-6,11-13H2,1-2H3,(H,26,28). The first-order valence-electron chi connectivity index (χ1n) is 10.8. The van der Waals surface area contributed by atoms with E-state index in [4.69, 9.17) is 9.84 Å². The van der Waals surface area contributed by atoms with Gasteiger partial charge >= 0.3 is 6.18 Å². The molecule has 3 atom stereocenters. The SMILES string of the molecule is CN=C1NC(Oc2ccc(C(F)(F)F)cc2)N(CCS2=NC=C2C)C1C(=O)CCCCCO. The second-order valence-corrected chi connectivity index (χ2v) is 9.79. The average Bonchev–Trinajstić information content (AvgIpc) is 3.12. The zero-order valence-corrected chi connectivity index (χ0v) is 19.5. The lowest BCUT2D eigenvalue weighted by molar-refractivity contribution is -0.137. The molecule has 7 nitrogen and oxygen atoms in total. The van der Waals surface area contributed by atoms with E-state index in [0.717, 1.165) is 18.6 Å². The molecule has 2 aliphatic heterocycles. The highest BCUT2D eigenvalue weighted by Crippen LogP contribution is 2.31. The van der Waals surface area contributed by atoms with Gasteiger partial charge in [0, 0.05) is 43.5 Å². The molecule has 0 aromatic heterocycles. The lowest BCUT2D eigenvalue weighted by atomic mass is 10.0. The molecular weight excluding hydrogens is 457 g/mol. The number of benzene rings is 1. The van der Waals surface area contributed by atoms with Crippen molar-refractivity contribution in [3.05, 3.63) is 40.9 Å². The molecule has 0 aliphatic carbocycles. The Bertz CT molecular complexity index is 932. The minimum Gasteiger partial charge on any atom is -0.457 e. The first-order valence-corrected chi connectivity index (χ1v) is 12.1. The van der Waals surface area contributed by atoms with Gasteiger partial charge in [-0.2, -0.15) is 13.2 Å². The molecule has 0 amide bonds. The van der Waals surface area contributed by atoms with E-state index in [1.54, 1.807) is 7.05 Å². The van der Waals surface area contributed by atoms with E-state index in [9.17, 15) is 18.0 Å². The van der Waals surface area contributed by atoms with Gasteiger partial charge in [0.15, 0.2) is 5.78 Å². The van der Waals surface area contributed by atoms with Crippen molar-refractivity contribution in [3.8, 4) is 5.75 Å². The van der Waals surface area contributed by atoms with Crippen LogP contribution in [-0.4, -0.2) is 60.0 Å². The Kier molecular flexibility index (Phi) is 8.66. The van der Waals surface area contributed by atoms with Gasteiger partial charge in [0.1, 0.15) is 17.6 Å². The van der Waals surface area contributed by atoms with Crippen LogP contribution in [-0.2, 0) is 21.7 Å². The van der Waals surface area contributed by atoms with E-state index in [2.05, 4.69) is 14.7 Å². The van der Waals surface area contributed by atoms with Gasteiger partial charge in [-0.3, -0.25) is 9.79 Å². The number of carbonyl (C=O) groups excluding carboxylic acids is 1. The Morgan fingerprint density at radius 2 is 2.00 bits per heavy atom. The van der Waals surface area contributed by atoms with Crippen molar-refractivity contribution in [3.63, 3.8) is 0 Å². The van der Waals surface area contributed by atoms with E-state index >= 15 is 0 Å². The number of allylic oxidation sites excluding steroid dienone is 1. The molecule has 33 heavy (non-hydrogen) atoms. The van der Waals surface area contributed by atoms with Crippen LogP contribution >= 0.6 is 0 Å². The lowest BCUT2D eigenvalue weighted by Crippen LogP contribution is -2.47. The van der Waals surface area contributed by atoms with E-state index in [1.165, 1.54) is 17.0 Å². The number of ether oxygens (including phenoxy) is 1. The molecule has 3 rings (SSSR count). The molecule has 11 heteroatoms. The summed E-state index contributed by atoms with van der Waals surface area (Å²) >= 11 is 0. The molecule has 2 N–H and O–H groups in total. The van der Waals surface area contributed by atoms with Crippen LogP contribution in [0.3, 0.4) is 0 Å². The van der Waals surface area contributed by atoms with E-state index < -0.39 is 24.1 Å². The highest BCUT2D eigenvalue weighted by molar-refractivity contribution is 7.92. The van der Waals surface area contributed by atoms with Crippen LogP contribution < -0.4 is 10.1 Å². The van der Waals surface area contributed by atoms with Crippen LogP contribution in [0.25, 0.3) is 0 Å². The Morgan fingerprint density at radius 1 is 1.27 bits per heavy atom. The summed E-state index contributed by atoms with van der Waals surface area (Å²) in [5, 5.41) is 12.1. The van der Waals surface area contributed by atoms with Gasteiger partial charge < -0.3 is 15.2 Å². The van der Waals surface area contributed by atoms with Crippen molar-refractivity contribution in [2.45, 2.75) is 51.2 Å². The maximum Gasteiger partial charge on any atom is 0.416 e. The van der Waals surface area contributed by atoms with Crippen molar-refractivity contribution in [1.82, 2.24) is 10.2 Å². The van der Waals surface area contributed by atoms with E-state index in [0.29, 0.717) is 37.4 Å². The number of hydrogen-bond acceptors (Lipinski definition) is 6. The van der Waals surface area contributed by atoms with Gasteiger partial charge in [-0.1, -0.05) is 17.1 Å². The highest BCUT2D eigenvalue weighted by Gasteiger charge is 2.43. The number of alkyl halides is 3. The smallest absolute Gasteiger partial charge is 0.416 e. The van der Waals surface area contributed by atoms with Crippen molar-refractivity contribution in [1.29, 1.82) is 0 Å². The number of Topliss-reactive ketones (excluding diaryl/α,β-unsaturated/α-hetero) is 1. The van der Waals surface area contributed by atoms with Crippen LogP contribution in [0.15, 0.2) is 44.7 Å². The molecule has 1 aromatic rings. The minimum atomic E-state index is -4.43. The highest BCUT2D eigenvalue weighted by atomic mass is 32.2. The molecule has 0 saturated carbocycles. The van der Waals surface area contributed by atoms with Gasteiger partial charge in [-0.15, -0.1) is 0 Å². The zero-order valence-electron chi connectivity index (χ0n) is 18.6. The molecular formula is C22H29F3N4O3S. The number of aliphatic hydroxyl groups is 1. The fraction of sp³-hybridized carbons (Fsp3) is 0.545. The van der Waals surface area contributed by atoms with Crippen LogP contribution in [0, 0.1) is 0 Å². The second kappa shape index (κ2) is 11.3. The molecule has 1 aromatic carbocycles. The average molecular weight is 487 g/mol. The van der Waals surface area contributed by atoms with Gasteiger partial charge in [0.2, 0.25) is 6.35 Å². The summed E-state index contributed by atoms with van der Waals surface area (Å²) < 4.78 is 49.0. The summed E-state index contributed by atoms with van der Waals surface area (Å²) in [5.41, 5.74) is -0.757. The fourth-order valence-corrected chi connectivity index (χ4v) is 4.94. The van der Waals surface area contributed by atoms with Crippen LogP contribution in [0.5, 0.6) is 5.75 Å². The van der Waals surface area contributed by atoms with Crippen LogP contribution in [0.1, 0.15) is 38.2 Å². The van der Waals surface area contributed by atoms with Crippen LogP contribution in [0.2, 0.25) is 0 Å². The summed E-state index contributed by atoms with van der Waals surface area (Å²) in [5.74, 6) is 1.42. The van der Waals surface area contributed by atoms with Gasteiger partial charge in [0.05, 0.1) is 5.56 Å². The number of amidine groups is 1. The number of aliphatic imine (C=N–C) groups is 1. The number of aliphatic hydroxyl groups excluding tert-OH is 1. The monoisotopic (exact) mass is 486 g/mol. The number of hydrogen-bond donors (Lipinski definition) is 2. The molecule has 1 fully saturated rings. The van der Waals surface area contributed by atoms with Crippen molar-refractivity contribution >= 4 is 22.3 Å². The third-order valence-electron chi connectivity index (χ3n) is 5.50. The molecule has 182 valence electrons. The van der Waals surface area contributed by atoms with Crippen molar-refractivity contribution < 1.29 is 27.8 Å². The summed E-state index contributed by atoms with van der Waals surface area (Å²) in [6.07, 6.45) is -0.963. The Balaban J connectivity index is 1.76. The van der Waals surface area contributed by atoms with E-state index in [1.807, 2.05) is 18.0 Å². The molecule has 0 radical (unpaired) electrons. The van der Waals surface area contributed by atoms with Gasteiger partial charge in [0.25, 0.3) is 0 Å². The molecule has 0 spiro atoms. The quantitative estimate of drug-likeness (QED) is 0.468. The predicted molar refractivity (Wildman–Crippen MR) is 122 cm³/mol. The largest absolute Gasteiger partial charge is 0.457 e. The fourth-order valence-electron chi connectivity index (χ4n) is 3.66. The Morgan fingerprint density at radius 3 is 2.55 bits per heavy atom. The summed E-state index contributed by atoms with van der Waals surface area (Å²) in [7, 11) is 1.38. The molecule has 3 unspecified atom stereocenters. The minimum absolute atomic E-state index is 0.0132. The number of nitrogens with zero attached hydrogens (tertiary/aromatic N) is 3. The van der Waals surface area contributed by atoms with Gasteiger partial charge in [-0.25, -0.2) is 9.26 Å². The summed E-state index contributed by atoms with van der Waals surface area (Å²) in [4.78, 5) is 20.4. The van der Waals surface area contributed by atoms with E-state index in [-0.39, 0.29) is 28.8 Å². The number of rotatable bonds is 11. The Hall–Kier alpha value is -2.24. The summed E-state index contributed by atoms with van der Waals surface area (Å²) in [6, 6.07) is 3.85. The number of halogens is 3. The topological polar surface area (TPSA) is 86.5 Å². The van der Waals surface area contributed by atoms with Crippen molar-refractivity contribution in [2.75, 3.05) is 26.0 Å². The van der Waals surface area contributed by atoms with Crippen LogP contribution in [0.4, 0.5) is 13.2 Å². The predicted octanol–water partition coefficient (Wildman–Crippen LogP) is 3.47. The third kappa shape index (κ3) is 6.42. The molecule has 1 saturated heterocycles. The number of carbonyl (C=O) groups is 1. The number of unbranched alkanes of at least 4 members (excludes halogenated alkanes) is 2. The normalized spacial score (nSPS) is 24.1. The molecule has 0 bridgehead atoms. The van der Waals surface area contributed by atoms with Crippen molar-refractivity contribution in [2.24, 2.45) is 9.36 Å². The third-order valence-corrected chi connectivity index (χ3v) is 7.27. The lowest BCUT2D eigenvalue weighted by Gasteiger charge is -2.28. The first-order chi connectivity index (χ1) is 15.7. The van der Waals surface area contributed by atoms with Gasteiger partial charge in [-0.05, 0) is 44.0 Å². The second-order valence-electron chi connectivity index (χ2n) is 7.80. The maximum absolute atomic E-state index is 13.1. The number of nitrogens with one attached hydrogen (secondary N) is 1. The first kappa shape index (κ1) is 25.4. The number of ketones is 1. The molecule has 2 aliphatic rings.